The highest BCUT2D eigenvalue weighted by atomic mass is 35.5. The third-order valence-electron chi connectivity index (χ3n) is 5.81. The minimum atomic E-state index is -1.39. The van der Waals surface area contributed by atoms with Crippen LogP contribution in [-0.4, -0.2) is 57.1 Å². The quantitative estimate of drug-likeness (QED) is 0.475. The molecule has 2 aromatic rings. The molecule has 0 saturated carbocycles. The molecule has 1 fully saturated rings. The summed E-state index contributed by atoms with van der Waals surface area (Å²) < 4.78 is 5.17. The molecular weight excluding hydrogens is 502 g/mol. The van der Waals surface area contributed by atoms with E-state index in [1.807, 2.05) is 0 Å². The monoisotopic (exact) mass is 525 g/mol. The van der Waals surface area contributed by atoms with Gasteiger partial charge in [0, 0.05) is 17.9 Å². The van der Waals surface area contributed by atoms with Crippen molar-refractivity contribution in [2.75, 3.05) is 5.32 Å². The summed E-state index contributed by atoms with van der Waals surface area (Å²) in [6.45, 7) is 4.73. The number of amides is 6. The summed E-state index contributed by atoms with van der Waals surface area (Å²) in [4.78, 5) is 78.7. The number of ether oxygens (including phenoxy) is 1. The molecular formula is C26H24ClN3O7. The minimum Gasteiger partial charge on any atom is -0.443 e. The Hall–Kier alpha value is -4.05. The number of halogens is 1. The summed E-state index contributed by atoms with van der Waals surface area (Å²) in [5.74, 6) is -3.70. The molecule has 0 radical (unpaired) electrons. The van der Waals surface area contributed by atoms with Crippen molar-refractivity contribution in [1.82, 2.24) is 9.80 Å². The second-order valence-electron chi connectivity index (χ2n) is 9.60. The van der Waals surface area contributed by atoms with Gasteiger partial charge in [-0.3, -0.25) is 28.9 Å². The average molecular weight is 526 g/mol. The molecule has 2 aliphatic heterocycles. The Kier molecular flexibility index (Phi) is 6.88. The van der Waals surface area contributed by atoms with Gasteiger partial charge in [-0.15, -0.1) is 11.6 Å². The highest BCUT2D eigenvalue weighted by molar-refractivity contribution is 6.27. The third kappa shape index (κ3) is 4.97. The Morgan fingerprint density at radius 3 is 2.43 bits per heavy atom. The number of benzene rings is 2. The van der Waals surface area contributed by atoms with Crippen LogP contribution in [0.5, 0.6) is 0 Å². The van der Waals surface area contributed by atoms with Crippen LogP contribution in [0.3, 0.4) is 0 Å². The lowest BCUT2D eigenvalue weighted by molar-refractivity contribution is -0.149. The molecule has 2 aliphatic rings. The van der Waals surface area contributed by atoms with E-state index in [9.17, 15) is 28.8 Å². The summed E-state index contributed by atoms with van der Waals surface area (Å²) in [5, 5.41) is 2.65. The first-order chi connectivity index (χ1) is 17.4. The number of likely N-dealkylation sites (tertiary alicyclic amines) is 1. The molecule has 1 unspecified atom stereocenters. The van der Waals surface area contributed by atoms with Gasteiger partial charge in [0.15, 0.2) is 0 Å². The van der Waals surface area contributed by atoms with E-state index < -0.39 is 47.3 Å². The molecule has 192 valence electrons. The predicted octanol–water partition coefficient (Wildman–Crippen LogP) is 3.73. The maximum Gasteiger partial charge on any atom is 0.424 e. The third-order valence-corrected chi connectivity index (χ3v) is 6.12. The smallest absolute Gasteiger partial charge is 0.424 e. The van der Waals surface area contributed by atoms with E-state index in [0.717, 1.165) is 10.5 Å². The Balaban J connectivity index is 1.62. The summed E-state index contributed by atoms with van der Waals surface area (Å²) in [7, 11) is 0. The molecule has 10 nitrogen and oxygen atoms in total. The molecule has 0 bridgehead atoms. The number of hydrogen-bond donors (Lipinski definition) is 1. The Morgan fingerprint density at radius 2 is 1.76 bits per heavy atom. The lowest BCUT2D eigenvalue weighted by Crippen LogP contribution is -2.58. The van der Waals surface area contributed by atoms with Gasteiger partial charge >= 0.3 is 6.09 Å². The topological polar surface area (TPSA) is 130 Å². The van der Waals surface area contributed by atoms with E-state index in [1.54, 1.807) is 45.0 Å². The van der Waals surface area contributed by atoms with Crippen LogP contribution in [0.15, 0.2) is 42.5 Å². The summed E-state index contributed by atoms with van der Waals surface area (Å²) in [6, 6.07) is 9.60. The number of fused-ring (bicyclic) bond motifs is 1. The molecule has 1 atom stereocenters. The highest BCUT2D eigenvalue weighted by Gasteiger charge is 2.50. The fourth-order valence-electron chi connectivity index (χ4n) is 4.19. The molecule has 1 N–H and O–H groups in total. The van der Waals surface area contributed by atoms with Crippen LogP contribution in [0.4, 0.5) is 10.5 Å². The molecule has 0 aromatic heterocycles. The van der Waals surface area contributed by atoms with Crippen molar-refractivity contribution in [3.05, 3.63) is 64.7 Å². The molecule has 0 spiro atoms. The van der Waals surface area contributed by atoms with Crippen molar-refractivity contribution in [1.29, 1.82) is 0 Å². The van der Waals surface area contributed by atoms with Gasteiger partial charge in [-0.05, 0) is 57.0 Å². The van der Waals surface area contributed by atoms with Crippen LogP contribution in [0, 0.1) is 0 Å². The summed E-state index contributed by atoms with van der Waals surface area (Å²) >= 11 is 5.85. The van der Waals surface area contributed by atoms with Crippen molar-refractivity contribution in [2.24, 2.45) is 0 Å². The zero-order valence-electron chi connectivity index (χ0n) is 20.4. The number of hydrogen-bond acceptors (Lipinski definition) is 7. The Morgan fingerprint density at radius 1 is 1.05 bits per heavy atom. The van der Waals surface area contributed by atoms with E-state index in [-0.39, 0.29) is 35.5 Å². The van der Waals surface area contributed by atoms with Gasteiger partial charge in [0.05, 0.1) is 16.8 Å². The van der Waals surface area contributed by atoms with Crippen molar-refractivity contribution in [2.45, 2.75) is 51.1 Å². The number of alkyl halides is 1. The van der Waals surface area contributed by atoms with Crippen molar-refractivity contribution >= 4 is 52.9 Å². The van der Waals surface area contributed by atoms with Crippen LogP contribution < -0.4 is 5.32 Å². The second-order valence-corrected chi connectivity index (χ2v) is 9.87. The zero-order valence-corrected chi connectivity index (χ0v) is 21.1. The molecule has 4 rings (SSSR count). The first-order valence-electron chi connectivity index (χ1n) is 11.5. The fourth-order valence-corrected chi connectivity index (χ4v) is 4.35. The maximum absolute atomic E-state index is 13.4. The van der Waals surface area contributed by atoms with Gasteiger partial charge in [-0.2, -0.15) is 4.90 Å². The summed E-state index contributed by atoms with van der Waals surface area (Å²) in [6.07, 6.45) is -1.56. The number of rotatable bonds is 4. The number of anilines is 1. The number of piperidine rings is 1. The van der Waals surface area contributed by atoms with Gasteiger partial charge in [0.2, 0.25) is 5.91 Å². The SMILES string of the molecule is CC(C)(C)OC(=O)N1C(=O)CCC(N2C(=O)c3cccc(NC(=O)c4cccc(CCl)c4)c3C2=O)C1=O. The van der Waals surface area contributed by atoms with E-state index in [2.05, 4.69) is 5.32 Å². The number of nitrogens with one attached hydrogen (secondary N) is 1. The van der Waals surface area contributed by atoms with Crippen LogP contribution in [0.1, 0.15) is 70.3 Å². The standard InChI is InChI=1S/C26H24ClN3O7/c1-26(2,3)37-25(36)30-19(31)11-10-18(23(30)34)29-22(33)16-8-5-9-17(20(16)24(29)35)28-21(32)15-7-4-6-14(12-15)13-27/h4-9,12,18H,10-11,13H2,1-3H3,(H,28,32). The van der Waals surface area contributed by atoms with E-state index in [1.165, 1.54) is 18.2 Å². The largest absolute Gasteiger partial charge is 0.443 e. The first-order valence-corrected chi connectivity index (χ1v) is 12.0. The highest BCUT2D eigenvalue weighted by Crippen LogP contribution is 2.34. The number of nitrogens with zero attached hydrogens (tertiary/aromatic N) is 2. The van der Waals surface area contributed by atoms with Crippen LogP contribution in [-0.2, 0) is 20.2 Å². The number of carbonyl (C=O) groups is 6. The molecule has 6 amide bonds. The van der Waals surface area contributed by atoms with E-state index >= 15 is 0 Å². The van der Waals surface area contributed by atoms with Crippen molar-refractivity contribution < 1.29 is 33.5 Å². The molecule has 2 heterocycles. The molecule has 2 aromatic carbocycles. The van der Waals surface area contributed by atoms with Crippen molar-refractivity contribution in [3.63, 3.8) is 0 Å². The molecule has 0 aliphatic carbocycles. The van der Waals surface area contributed by atoms with Crippen LogP contribution in [0.2, 0.25) is 0 Å². The second kappa shape index (κ2) is 9.78. The maximum atomic E-state index is 13.4. The summed E-state index contributed by atoms with van der Waals surface area (Å²) in [5.41, 5.74) is 0.0520. The van der Waals surface area contributed by atoms with Gasteiger partial charge in [0.25, 0.3) is 23.6 Å². The lowest BCUT2D eigenvalue weighted by atomic mass is 10.0. The number of carbonyl (C=O) groups excluding carboxylic acids is 6. The van der Waals surface area contributed by atoms with Gasteiger partial charge in [-0.25, -0.2) is 4.79 Å². The van der Waals surface area contributed by atoms with Crippen LogP contribution in [0.25, 0.3) is 0 Å². The zero-order chi connectivity index (χ0) is 27.1. The fraction of sp³-hybridized carbons (Fsp3) is 0.308. The Bertz CT molecular complexity index is 1350. The predicted molar refractivity (Wildman–Crippen MR) is 132 cm³/mol. The normalized spacial score (nSPS) is 17.7. The average Bonchev–Trinajstić information content (AvgIpc) is 3.09. The van der Waals surface area contributed by atoms with E-state index in [4.69, 9.17) is 16.3 Å². The minimum absolute atomic E-state index is 0.00849. The Labute approximate surface area is 217 Å². The van der Waals surface area contributed by atoms with Gasteiger partial charge < -0.3 is 10.1 Å². The molecule has 1 saturated heterocycles. The molecule has 11 heteroatoms. The lowest BCUT2D eigenvalue weighted by Gasteiger charge is -2.34. The van der Waals surface area contributed by atoms with Crippen molar-refractivity contribution in [3.8, 4) is 0 Å². The van der Waals surface area contributed by atoms with E-state index in [0.29, 0.717) is 10.5 Å². The van der Waals surface area contributed by atoms with Crippen LogP contribution >= 0.6 is 11.6 Å². The van der Waals surface area contributed by atoms with Gasteiger partial charge in [-0.1, -0.05) is 18.2 Å². The molecule has 37 heavy (non-hydrogen) atoms. The number of imide groups is 4. The first kappa shape index (κ1) is 26.0. The van der Waals surface area contributed by atoms with Gasteiger partial charge in [0.1, 0.15) is 11.6 Å².